The largest absolute Gasteiger partial charge is 0.333 e. The van der Waals surface area contributed by atoms with E-state index in [0.717, 1.165) is 0 Å². The van der Waals surface area contributed by atoms with Crippen LogP contribution in [0.1, 0.15) is 44.9 Å². The van der Waals surface area contributed by atoms with Gasteiger partial charge in [-0.15, -0.1) is 10.1 Å². The van der Waals surface area contributed by atoms with Crippen LogP contribution in [0.5, 0.6) is 0 Å². The minimum Gasteiger partial charge on any atom is -0.330 e. The number of nitrogens with zero attached hydrogens (tertiary/aromatic N) is 2. The Bertz CT molecular complexity index is 509. The molecule has 0 aromatic heterocycles. The number of carbonyl (C=O) groups is 6. The van der Waals surface area contributed by atoms with Crippen molar-refractivity contribution >= 4 is 65.1 Å². The van der Waals surface area contributed by atoms with Gasteiger partial charge in [0.1, 0.15) is 0 Å². The van der Waals surface area contributed by atoms with Crippen LogP contribution < -0.4 is 0 Å². The van der Waals surface area contributed by atoms with Crippen LogP contribution in [0.15, 0.2) is 0 Å². The summed E-state index contributed by atoms with van der Waals surface area (Å²) in [5, 5.41) is 0.838. The van der Waals surface area contributed by atoms with Crippen LogP contribution in [-0.2, 0) is 38.4 Å². The number of imide groups is 2. The zero-order valence-corrected chi connectivity index (χ0v) is 15.1. The second-order valence-electron chi connectivity index (χ2n) is 4.94. The van der Waals surface area contributed by atoms with Gasteiger partial charge in [0.05, 0.1) is 0 Å². The maximum absolute atomic E-state index is 11.5. The standard InChI is InChI=1S/C13H14N2O8.Na/c16-8-4-5-9(17)14(8)22-12(20)2-1-3-13(21)23-15-10(18)6-7-11(15)19;/h1-7H2;. The van der Waals surface area contributed by atoms with E-state index in [2.05, 4.69) is 9.68 Å². The topological polar surface area (TPSA) is 127 Å². The van der Waals surface area contributed by atoms with E-state index in [1.54, 1.807) is 0 Å². The molecule has 2 fully saturated rings. The van der Waals surface area contributed by atoms with Crippen LogP contribution in [0.4, 0.5) is 0 Å². The molecule has 2 heterocycles. The van der Waals surface area contributed by atoms with Crippen LogP contribution in [-0.4, -0.2) is 75.3 Å². The van der Waals surface area contributed by atoms with Gasteiger partial charge in [-0.1, -0.05) is 0 Å². The number of hydroxylamine groups is 4. The Morgan fingerprint density at radius 3 is 1.29 bits per heavy atom. The van der Waals surface area contributed by atoms with Crippen molar-refractivity contribution in [3.05, 3.63) is 0 Å². The number of amides is 4. The third-order valence-corrected chi connectivity index (χ3v) is 3.16. The first-order valence-electron chi connectivity index (χ1n) is 7.01. The second-order valence-corrected chi connectivity index (χ2v) is 4.94. The number of hydrogen-bond donors (Lipinski definition) is 0. The fraction of sp³-hybridized carbons (Fsp3) is 0.538. The summed E-state index contributed by atoms with van der Waals surface area (Å²) in [5.41, 5.74) is 0. The summed E-state index contributed by atoms with van der Waals surface area (Å²) in [4.78, 5) is 77.1. The molecule has 10 nitrogen and oxygen atoms in total. The van der Waals surface area contributed by atoms with E-state index in [1.165, 1.54) is 0 Å². The fourth-order valence-corrected chi connectivity index (χ4v) is 1.99. The van der Waals surface area contributed by atoms with Gasteiger partial charge in [-0.3, -0.25) is 19.2 Å². The van der Waals surface area contributed by atoms with E-state index >= 15 is 0 Å². The summed E-state index contributed by atoms with van der Waals surface area (Å²) in [6, 6.07) is 0. The molecule has 0 aromatic carbocycles. The van der Waals surface area contributed by atoms with Gasteiger partial charge in [-0.25, -0.2) is 9.59 Å². The van der Waals surface area contributed by atoms with Crippen LogP contribution >= 0.6 is 0 Å². The number of carbonyl (C=O) groups excluding carboxylic acids is 6. The van der Waals surface area contributed by atoms with Gasteiger partial charge in [0.2, 0.25) is 0 Å². The Labute approximate surface area is 158 Å². The van der Waals surface area contributed by atoms with E-state index in [-0.39, 0.29) is 74.5 Å². The molecule has 0 aromatic rings. The van der Waals surface area contributed by atoms with Crippen LogP contribution in [0.2, 0.25) is 0 Å². The van der Waals surface area contributed by atoms with Crippen molar-refractivity contribution in [1.82, 2.24) is 10.1 Å². The van der Waals surface area contributed by atoms with Crippen molar-refractivity contribution in [2.45, 2.75) is 44.9 Å². The maximum Gasteiger partial charge on any atom is 0.333 e. The molecule has 24 heavy (non-hydrogen) atoms. The molecule has 0 atom stereocenters. The van der Waals surface area contributed by atoms with E-state index < -0.39 is 35.6 Å². The predicted octanol–water partition coefficient (Wildman–Crippen LogP) is -1.01. The summed E-state index contributed by atoms with van der Waals surface area (Å²) in [6.45, 7) is 0. The molecular weight excluding hydrogens is 335 g/mol. The molecule has 0 N–H and O–H groups in total. The Balaban J connectivity index is 0.00000288. The van der Waals surface area contributed by atoms with Gasteiger partial charge in [0.25, 0.3) is 23.6 Å². The average Bonchev–Trinajstić information content (AvgIpc) is 2.97. The summed E-state index contributed by atoms with van der Waals surface area (Å²) < 4.78 is 0. The molecule has 0 aliphatic carbocycles. The monoisotopic (exact) mass is 349 g/mol. The number of hydrogen-bond acceptors (Lipinski definition) is 8. The van der Waals surface area contributed by atoms with Gasteiger partial charge in [-0.2, -0.15) is 0 Å². The van der Waals surface area contributed by atoms with Crippen molar-refractivity contribution in [1.29, 1.82) is 0 Å². The average molecular weight is 349 g/mol. The minimum atomic E-state index is -0.838. The quantitative estimate of drug-likeness (QED) is 0.441. The molecule has 2 aliphatic rings. The first-order chi connectivity index (χ1) is 10.9. The minimum absolute atomic E-state index is 0. The third-order valence-electron chi connectivity index (χ3n) is 3.16. The van der Waals surface area contributed by atoms with Gasteiger partial charge in [0.15, 0.2) is 0 Å². The normalized spacial score (nSPS) is 17.2. The van der Waals surface area contributed by atoms with E-state index in [9.17, 15) is 28.8 Å². The first-order valence-corrected chi connectivity index (χ1v) is 7.01. The Hall–Kier alpha value is -1.78. The molecule has 2 rings (SSSR count). The van der Waals surface area contributed by atoms with Crippen LogP contribution in [0.25, 0.3) is 0 Å². The molecule has 11 heteroatoms. The third kappa shape index (κ3) is 5.11. The van der Waals surface area contributed by atoms with E-state index in [0.29, 0.717) is 10.1 Å². The molecule has 0 unspecified atom stereocenters. The molecule has 2 aliphatic heterocycles. The Kier molecular flexibility index (Phi) is 7.52. The molecule has 0 bridgehead atoms. The maximum atomic E-state index is 11.5. The first kappa shape index (κ1) is 20.3. The number of rotatable bonds is 6. The van der Waals surface area contributed by atoms with E-state index in [4.69, 9.17) is 0 Å². The Morgan fingerprint density at radius 2 is 1.00 bits per heavy atom. The molecule has 4 amide bonds. The van der Waals surface area contributed by atoms with E-state index in [1.807, 2.05) is 0 Å². The molecule has 1 radical (unpaired) electrons. The Morgan fingerprint density at radius 1 is 0.708 bits per heavy atom. The van der Waals surface area contributed by atoms with Gasteiger partial charge in [-0.05, 0) is 6.42 Å². The zero-order chi connectivity index (χ0) is 17.0. The SMILES string of the molecule is O=C(CCCC(=O)ON1C(=O)CCC1=O)ON1C(=O)CCC1=O.[Na]. The molecule has 0 spiro atoms. The van der Waals surface area contributed by atoms with Crippen molar-refractivity contribution in [2.75, 3.05) is 0 Å². The summed E-state index contributed by atoms with van der Waals surface area (Å²) in [5.74, 6) is -4.03. The van der Waals surface area contributed by atoms with Gasteiger partial charge < -0.3 is 9.68 Å². The molecule has 2 saturated heterocycles. The smallest absolute Gasteiger partial charge is 0.330 e. The summed E-state index contributed by atoms with van der Waals surface area (Å²) >= 11 is 0. The molecular formula is C13H14N2NaO8. The van der Waals surface area contributed by atoms with Crippen LogP contribution in [0.3, 0.4) is 0 Å². The predicted molar refractivity (Wildman–Crippen MR) is 74.0 cm³/mol. The zero-order valence-electron chi connectivity index (χ0n) is 13.1. The van der Waals surface area contributed by atoms with Gasteiger partial charge >= 0.3 is 11.9 Å². The summed E-state index contributed by atoms with van der Waals surface area (Å²) in [7, 11) is 0. The van der Waals surface area contributed by atoms with Gasteiger partial charge in [0, 0.05) is 68.1 Å². The van der Waals surface area contributed by atoms with Crippen molar-refractivity contribution in [2.24, 2.45) is 0 Å². The molecule has 125 valence electrons. The fourth-order valence-electron chi connectivity index (χ4n) is 1.99. The van der Waals surface area contributed by atoms with Crippen molar-refractivity contribution < 1.29 is 38.4 Å². The van der Waals surface area contributed by atoms with Crippen LogP contribution in [0, 0.1) is 0 Å². The molecule has 0 saturated carbocycles. The second kappa shape index (κ2) is 8.90. The van der Waals surface area contributed by atoms with Crippen molar-refractivity contribution in [3.8, 4) is 0 Å². The van der Waals surface area contributed by atoms with Crippen molar-refractivity contribution in [3.63, 3.8) is 0 Å². The summed E-state index contributed by atoms with van der Waals surface area (Å²) in [6.07, 6.45) is -0.453.